The van der Waals surface area contributed by atoms with Gasteiger partial charge in [-0.15, -0.1) is 0 Å². The zero-order valence-corrected chi connectivity index (χ0v) is 12.3. The lowest BCUT2D eigenvalue weighted by Crippen LogP contribution is -2.14. The summed E-state index contributed by atoms with van der Waals surface area (Å²) in [6.07, 6.45) is 1.89. The van der Waals surface area contributed by atoms with Crippen LogP contribution >= 0.6 is 11.6 Å². The van der Waals surface area contributed by atoms with Crippen molar-refractivity contribution in [2.45, 2.75) is 13.3 Å². The molecular weight excluding hydrogens is 286 g/mol. The summed E-state index contributed by atoms with van der Waals surface area (Å²) in [5.74, 6) is -0.119. The Morgan fingerprint density at radius 1 is 1.24 bits per heavy atom. The summed E-state index contributed by atoms with van der Waals surface area (Å²) >= 11 is 6.03. The number of anilines is 1. The summed E-state index contributed by atoms with van der Waals surface area (Å²) in [7, 11) is 0. The number of amides is 1. The fourth-order valence-electron chi connectivity index (χ4n) is 2.26. The molecule has 3 aromatic rings. The fourth-order valence-corrected chi connectivity index (χ4v) is 2.44. The second-order valence-corrected chi connectivity index (χ2v) is 5.37. The molecule has 0 atom stereocenters. The molecule has 0 bridgehead atoms. The number of rotatable bonds is 3. The van der Waals surface area contributed by atoms with Crippen molar-refractivity contribution in [3.63, 3.8) is 0 Å². The average molecular weight is 300 g/mol. The van der Waals surface area contributed by atoms with Crippen molar-refractivity contribution in [2.75, 3.05) is 5.32 Å². The summed E-state index contributed by atoms with van der Waals surface area (Å²) in [5.41, 5.74) is 3.42. The number of hydrogen-bond donors (Lipinski definition) is 1. The van der Waals surface area contributed by atoms with Crippen LogP contribution in [0.2, 0.25) is 5.02 Å². The van der Waals surface area contributed by atoms with Gasteiger partial charge in [-0.3, -0.25) is 4.79 Å². The Bertz CT molecular complexity index is 807. The van der Waals surface area contributed by atoms with E-state index in [0.29, 0.717) is 10.7 Å². The zero-order chi connectivity index (χ0) is 14.8. The van der Waals surface area contributed by atoms with Crippen LogP contribution in [0.4, 0.5) is 5.69 Å². The number of aryl methyl sites for hydroxylation is 1. The number of furan rings is 1. The van der Waals surface area contributed by atoms with Gasteiger partial charge < -0.3 is 9.73 Å². The van der Waals surface area contributed by atoms with Crippen molar-refractivity contribution in [1.82, 2.24) is 0 Å². The number of halogens is 1. The second kappa shape index (κ2) is 5.62. The van der Waals surface area contributed by atoms with Gasteiger partial charge in [0, 0.05) is 10.9 Å². The monoisotopic (exact) mass is 299 g/mol. The van der Waals surface area contributed by atoms with Crippen LogP contribution in [0.5, 0.6) is 0 Å². The van der Waals surface area contributed by atoms with Crippen LogP contribution in [-0.4, -0.2) is 5.91 Å². The smallest absolute Gasteiger partial charge is 0.228 e. The predicted octanol–water partition coefficient (Wildman–Crippen LogP) is 4.58. The number of fused-ring (bicyclic) bond motifs is 1. The molecule has 0 aliphatic rings. The van der Waals surface area contributed by atoms with Crippen molar-refractivity contribution in [2.24, 2.45) is 0 Å². The molecular formula is C17H14ClNO2. The first-order valence-corrected chi connectivity index (χ1v) is 7.02. The molecule has 0 unspecified atom stereocenters. The quantitative estimate of drug-likeness (QED) is 0.769. The lowest BCUT2D eigenvalue weighted by atomic mass is 10.1. The summed E-state index contributed by atoms with van der Waals surface area (Å²) < 4.78 is 5.50. The van der Waals surface area contributed by atoms with E-state index in [2.05, 4.69) is 5.32 Å². The maximum absolute atomic E-state index is 12.1. The van der Waals surface area contributed by atoms with Gasteiger partial charge in [-0.25, -0.2) is 0 Å². The molecule has 1 heterocycles. The first-order chi connectivity index (χ1) is 10.1. The number of carbonyl (C=O) groups is 1. The molecule has 2 aromatic carbocycles. The van der Waals surface area contributed by atoms with Crippen molar-refractivity contribution in [3.05, 3.63) is 64.9 Å². The van der Waals surface area contributed by atoms with Crippen LogP contribution in [-0.2, 0) is 11.2 Å². The Kier molecular flexibility index (Phi) is 3.67. The molecule has 0 radical (unpaired) electrons. The van der Waals surface area contributed by atoms with Crippen LogP contribution in [0, 0.1) is 6.92 Å². The minimum atomic E-state index is -0.119. The largest absolute Gasteiger partial charge is 0.464 e. The Hall–Kier alpha value is -2.26. The van der Waals surface area contributed by atoms with Crippen LogP contribution in [0.15, 0.2) is 53.1 Å². The molecule has 4 heteroatoms. The van der Waals surface area contributed by atoms with E-state index in [0.717, 1.165) is 22.1 Å². The standard InChI is InChI=1S/C17H14ClNO2/c1-11-6-7-13-12(10-21-16(13)8-11)9-17(20)19-15-5-3-2-4-14(15)18/h2-8,10H,9H2,1H3,(H,19,20). The molecule has 21 heavy (non-hydrogen) atoms. The van der Waals surface area contributed by atoms with Crippen molar-refractivity contribution in [3.8, 4) is 0 Å². The lowest BCUT2D eigenvalue weighted by Gasteiger charge is -2.06. The van der Waals surface area contributed by atoms with E-state index in [1.54, 1.807) is 18.4 Å². The number of hydrogen-bond acceptors (Lipinski definition) is 2. The van der Waals surface area contributed by atoms with Gasteiger partial charge in [0.1, 0.15) is 5.58 Å². The Labute approximate surface area is 127 Å². The molecule has 1 N–H and O–H groups in total. The minimum absolute atomic E-state index is 0.119. The predicted molar refractivity (Wildman–Crippen MR) is 84.7 cm³/mol. The van der Waals surface area contributed by atoms with E-state index in [4.69, 9.17) is 16.0 Å². The minimum Gasteiger partial charge on any atom is -0.464 e. The first kappa shape index (κ1) is 13.7. The normalized spacial score (nSPS) is 10.8. The van der Waals surface area contributed by atoms with Gasteiger partial charge >= 0.3 is 0 Å². The first-order valence-electron chi connectivity index (χ1n) is 6.64. The van der Waals surface area contributed by atoms with E-state index in [1.165, 1.54) is 0 Å². The highest BCUT2D eigenvalue weighted by atomic mass is 35.5. The van der Waals surface area contributed by atoms with Crippen LogP contribution in [0.3, 0.4) is 0 Å². The number of carbonyl (C=O) groups excluding carboxylic acids is 1. The number of para-hydroxylation sites is 1. The van der Waals surface area contributed by atoms with E-state index >= 15 is 0 Å². The van der Waals surface area contributed by atoms with Crippen molar-refractivity contribution < 1.29 is 9.21 Å². The molecule has 0 aliphatic carbocycles. The highest BCUT2D eigenvalue weighted by Gasteiger charge is 2.11. The lowest BCUT2D eigenvalue weighted by molar-refractivity contribution is -0.115. The van der Waals surface area contributed by atoms with Gasteiger partial charge in [0.2, 0.25) is 5.91 Å². The number of nitrogens with one attached hydrogen (secondary N) is 1. The van der Waals surface area contributed by atoms with Crippen LogP contribution in [0.25, 0.3) is 11.0 Å². The second-order valence-electron chi connectivity index (χ2n) is 4.97. The number of benzene rings is 2. The van der Waals surface area contributed by atoms with E-state index in [9.17, 15) is 4.79 Å². The van der Waals surface area contributed by atoms with Gasteiger partial charge in [-0.05, 0) is 30.7 Å². The Morgan fingerprint density at radius 2 is 2.05 bits per heavy atom. The molecule has 0 saturated carbocycles. The van der Waals surface area contributed by atoms with Gasteiger partial charge in [-0.1, -0.05) is 35.9 Å². The zero-order valence-electron chi connectivity index (χ0n) is 11.5. The topological polar surface area (TPSA) is 42.2 Å². The van der Waals surface area contributed by atoms with Crippen LogP contribution < -0.4 is 5.32 Å². The third-order valence-corrected chi connectivity index (χ3v) is 3.64. The SMILES string of the molecule is Cc1ccc2c(CC(=O)Nc3ccccc3Cl)coc2c1. The molecule has 3 nitrogen and oxygen atoms in total. The van der Waals surface area contributed by atoms with Gasteiger partial charge in [0.15, 0.2) is 0 Å². The highest BCUT2D eigenvalue weighted by Crippen LogP contribution is 2.24. The summed E-state index contributed by atoms with van der Waals surface area (Å²) in [6.45, 7) is 2.01. The highest BCUT2D eigenvalue weighted by molar-refractivity contribution is 6.33. The molecule has 1 aromatic heterocycles. The molecule has 1 amide bonds. The molecule has 0 aliphatic heterocycles. The molecule has 0 spiro atoms. The third-order valence-electron chi connectivity index (χ3n) is 3.31. The van der Waals surface area contributed by atoms with Gasteiger partial charge in [-0.2, -0.15) is 0 Å². The molecule has 0 fully saturated rings. The van der Waals surface area contributed by atoms with Crippen molar-refractivity contribution >= 4 is 34.2 Å². The van der Waals surface area contributed by atoms with Gasteiger partial charge in [0.05, 0.1) is 23.4 Å². The van der Waals surface area contributed by atoms with Crippen LogP contribution in [0.1, 0.15) is 11.1 Å². The third kappa shape index (κ3) is 2.93. The average Bonchev–Trinajstić information content (AvgIpc) is 2.83. The molecule has 3 rings (SSSR count). The summed E-state index contributed by atoms with van der Waals surface area (Å²) in [5, 5.41) is 4.31. The fraction of sp³-hybridized carbons (Fsp3) is 0.118. The van der Waals surface area contributed by atoms with E-state index in [-0.39, 0.29) is 12.3 Å². The maximum atomic E-state index is 12.1. The Morgan fingerprint density at radius 3 is 2.86 bits per heavy atom. The molecule has 106 valence electrons. The summed E-state index contributed by atoms with van der Waals surface area (Å²) in [4.78, 5) is 12.1. The Balaban J connectivity index is 1.79. The maximum Gasteiger partial charge on any atom is 0.228 e. The van der Waals surface area contributed by atoms with Crippen molar-refractivity contribution in [1.29, 1.82) is 0 Å². The van der Waals surface area contributed by atoms with E-state index < -0.39 is 0 Å². The van der Waals surface area contributed by atoms with Gasteiger partial charge in [0.25, 0.3) is 0 Å². The summed E-state index contributed by atoms with van der Waals surface area (Å²) in [6, 6.07) is 13.1. The molecule has 0 saturated heterocycles. The van der Waals surface area contributed by atoms with E-state index in [1.807, 2.05) is 37.3 Å².